The molecule has 0 saturated carbocycles. The quantitative estimate of drug-likeness (QED) is 0.790. The van der Waals surface area contributed by atoms with Crippen molar-refractivity contribution in [2.75, 3.05) is 0 Å². The second-order valence-electron chi connectivity index (χ2n) is 3.40. The van der Waals surface area contributed by atoms with Crippen molar-refractivity contribution < 1.29 is 9.90 Å². The maximum Gasteiger partial charge on any atom is 0.328 e. The number of rotatable bonds is 4. The first kappa shape index (κ1) is 10.4. The van der Waals surface area contributed by atoms with Gasteiger partial charge in [-0.15, -0.1) is 11.7 Å². The fourth-order valence-corrected chi connectivity index (χ4v) is 1.58. The Bertz CT molecular complexity index is 533. The number of hydrogen-bond acceptors (Lipinski definition) is 3. The Morgan fingerprint density at radius 3 is 3.00 bits per heavy atom. The maximum absolute atomic E-state index is 11.1. The van der Waals surface area contributed by atoms with E-state index in [0.29, 0.717) is 11.9 Å². The number of aromatic nitrogens is 3. The van der Waals surface area contributed by atoms with E-state index in [4.69, 9.17) is 5.11 Å². The highest BCUT2D eigenvalue weighted by atomic mass is 16.4. The predicted molar refractivity (Wildman–Crippen MR) is 59.0 cm³/mol. The van der Waals surface area contributed by atoms with Crippen molar-refractivity contribution in [3.63, 3.8) is 0 Å². The van der Waals surface area contributed by atoms with Crippen molar-refractivity contribution in [2.24, 2.45) is 0 Å². The number of benzene rings is 1. The second-order valence-corrected chi connectivity index (χ2v) is 3.40. The molecule has 2 rings (SSSR count). The SMILES string of the molecule is C=CCC(C(=O)O)n1nnc2ccccc21. The molecule has 2 aromatic rings. The lowest BCUT2D eigenvalue weighted by Gasteiger charge is -2.10. The summed E-state index contributed by atoms with van der Waals surface area (Å²) in [6, 6.07) is 6.52. The van der Waals surface area contributed by atoms with Crippen LogP contribution in [0.4, 0.5) is 0 Å². The third-order valence-corrected chi connectivity index (χ3v) is 2.35. The Kier molecular flexibility index (Phi) is 2.68. The Morgan fingerprint density at radius 1 is 1.56 bits per heavy atom. The van der Waals surface area contributed by atoms with Crippen molar-refractivity contribution in [2.45, 2.75) is 12.5 Å². The fraction of sp³-hybridized carbons (Fsp3) is 0.182. The zero-order valence-electron chi connectivity index (χ0n) is 8.58. The minimum Gasteiger partial charge on any atom is -0.480 e. The molecule has 1 atom stereocenters. The Hall–Kier alpha value is -2.17. The summed E-state index contributed by atoms with van der Waals surface area (Å²) in [4.78, 5) is 11.1. The zero-order chi connectivity index (χ0) is 11.5. The summed E-state index contributed by atoms with van der Waals surface area (Å²) in [5.41, 5.74) is 1.41. The van der Waals surface area contributed by atoms with E-state index < -0.39 is 12.0 Å². The highest BCUT2D eigenvalue weighted by Crippen LogP contribution is 2.18. The number of carboxylic acids is 1. The number of aliphatic carboxylic acids is 1. The molecule has 0 bridgehead atoms. The van der Waals surface area contributed by atoms with Gasteiger partial charge in [0.05, 0.1) is 5.52 Å². The summed E-state index contributed by atoms with van der Waals surface area (Å²) in [5, 5.41) is 16.9. The van der Waals surface area contributed by atoms with Crippen molar-refractivity contribution in [3.05, 3.63) is 36.9 Å². The third kappa shape index (κ3) is 1.67. The van der Waals surface area contributed by atoms with Crippen molar-refractivity contribution >= 4 is 17.0 Å². The van der Waals surface area contributed by atoms with E-state index in [-0.39, 0.29) is 0 Å². The molecule has 1 aromatic heterocycles. The molecule has 5 nitrogen and oxygen atoms in total. The molecule has 1 N–H and O–H groups in total. The summed E-state index contributed by atoms with van der Waals surface area (Å²) in [6.45, 7) is 3.55. The van der Waals surface area contributed by atoms with E-state index in [1.54, 1.807) is 18.2 Å². The average molecular weight is 217 g/mol. The van der Waals surface area contributed by atoms with Crippen LogP contribution >= 0.6 is 0 Å². The molecule has 1 unspecified atom stereocenters. The van der Waals surface area contributed by atoms with Crippen LogP contribution in [0.3, 0.4) is 0 Å². The van der Waals surface area contributed by atoms with E-state index in [2.05, 4.69) is 16.9 Å². The number of fused-ring (bicyclic) bond motifs is 1. The van der Waals surface area contributed by atoms with Gasteiger partial charge in [-0.25, -0.2) is 9.48 Å². The van der Waals surface area contributed by atoms with Crippen LogP contribution in [-0.2, 0) is 4.79 Å². The molecule has 1 heterocycles. The molecule has 1 aromatic carbocycles. The smallest absolute Gasteiger partial charge is 0.328 e. The first-order valence-electron chi connectivity index (χ1n) is 4.87. The molecule has 0 aliphatic rings. The van der Waals surface area contributed by atoms with Crippen LogP contribution in [0.15, 0.2) is 36.9 Å². The summed E-state index contributed by atoms with van der Waals surface area (Å²) in [7, 11) is 0. The fourth-order valence-electron chi connectivity index (χ4n) is 1.58. The molecule has 0 radical (unpaired) electrons. The number of nitrogens with zero attached hydrogens (tertiary/aromatic N) is 3. The summed E-state index contributed by atoms with van der Waals surface area (Å²) < 4.78 is 1.42. The maximum atomic E-state index is 11.1. The van der Waals surface area contributed by atoms with Gasteiger partial charge in [0.15, 0.2) is 6.04 Å². The van der Waals surface area contributed by atoms with E-state index in [0.717, 1.165) is 5.52 Å². The number of para-hydroxylation sites is 1. The van der Waals surface area contributed by atoms with Crippen LogP contribution in [0.1, 0.15) is 12.5 Å². The Balaban J connectivity index is 2.52. The number of hydrogen-bond donors (Lipinski definition) is 1. The molecule has 0 aliphatic carbocycles. The van der Waals surface area contributed by atoms with Gasteiger partial charge >= 0.3 is 5.97 Å². The first-order chi connectivity index (χ1) is 7.74. The van der Waals surface area contributed by atoms with Gasteiger partial charge in [0.2, 0.25) is 0 Å². The van der Waals surface area contributed by atoms with E-state index in [9.17, 15) is 4.79 Å². The molecular formula is C11H11N3O2. The molecule has 0 amide bonds. The molecule has 0 fully saturated rings. The molecule has 16 heavy (non-hydrogen) atoms. The molecule has 5 heteroatoms. The summed E-state index contributed by atoms with van der Waals surface area (Å²) in [6.07, 6.45) is 1.89. The van der Waals surface area contributed by atoms with E-state index in [1.807, 2.05) is 12.1 Å². The predicted octanol–water partition coefficient (Wildman–Crippen LogP) is 1.63. The van der Waals surface area contributed by atoms with Gasteiger partial charge < -0.3 is 5.11 Å². The Labute approximate surface area is 92.0 Å². The molecule has 82 valence electrons. The minimum atomic E-state index is -0.935. The zero-order valence-corrected chi connectivity index (χ0v) is 8.58. The largest absolute Gasteiger partial charge is 0.480 e. The highest BCUT2D eigenvalue weighted by Gasteiger charge is 2.21. The normalized spacial score (nSPS) is 12.5. The molecular weight excluding hydrogens is 206 g/mol. The Morgan fingerprint density at radius 2 is 2.31 bits per heavy atom. The van der Waals surface area contributed by atoms with Crippen LogP contribution in [0.5, 0.6) is 0 Å². The second kappa shape index (κ2) is 4.14. The van der Waals surface area contributed by atoms with Crippen LogP contribution in [0, 0.1) is 0 Å². The summed E-state index contributed by atoms with van der Waals surface area (Å²) in [5.74, 6) is -0.935. The lowest BCUT2D eigenvalue weighted by molar-refractivity contribution is -0.141. The molecule has 0 spiro atoms. The third-order valence-electron chi connectivity index (χ3n) is 2.35. The summed E-state index contributed by atoms with van der Waals surface area (Å²) >= 11 is 0. The van der Waals surface area contributed by atoms with Gasteiger partial charge in [-0.05, 0) is 18.6 Å². The highest BCUT2D eigenvalue weighted by molar-refractivity contribution is 5.78. The van der Waals surface area contributed by atoms with Crippen LogP contribution in [-0.4, -0.2) is 26.1 Å². The van der Waals surface area contributed by atoms with Gasteiger partial charge in [-0.3, -0.25) is 0 Å². The van der Waals surface area contributed by atoms with Gasteiger partial charge in [0, 0.05) is 0 Å². The number of allylic oxidation sites excluding steroid dienone is 1. The lowest BCUT2D eigenvalue weighted by atomic mass is 10.2. The van der Waals surface area contributed by atoms with Gasteiger partial charge in [0.1, 0.15) is 5.52 Å². The van der Waals surface area contributed by atoms with Crippen LogP contribution < -0.4 is 0 Å². The van der Waals surface area contributed by atoms with Crippen molar-refractivity contribution in [1.29, 1.82) is 0 Å². The van der Waals surface area contributed by atoms with Crippen molar-refractivity contribution in [1.82, 2.24) is 15.0 Å². The standard InChI is InChI=1S/C11H11N3O2/c1-2-5-10(11(15)16)14-9-7-4-3-6-8(9)12-13-14/h2-4,6-7,10H,1,5H2,(H,15,16). The number of carboxylic acid groups (broad SMARTS) is 1. The van der Waals surface area contributed by atoms with Gasteiger partial charge in [-0.2, -0.15) is 0 Å². The van der Waals surface area contributed by atoms with Crippen LogP contribution in [0.2, 0.25) is 0 Å². The van der Waals surface area contributed by atoms with Crippen molar-refractivity contribution in [3.8, 4) is 0 Å². The lowest BCUT2D eigenvalue weighted by Crippen LogP contribution is -2.19. The van der Waals surface area contributed by atoms with Gasteiger partial charge in [-0.1, -0.05) is 23.4 Å². The van der Waals surface area contributed by atoms with Gasteiger partial charge in [0.25, 0.3) is 0 Å². The van der Waals surface area contributed by atoms with Crippen LogP contribution in [0.25, 0.3) is 11.0 Å². The average Bonchev–Trinajstić information content (AvgIpc) is 2.69. The number of carbonyl (C=O) groups is 1. The molecule has 0 aliphatic heterocycles. The topological polar surface area (TPSA) is 68.0 Å². The molecule has 0 saturated heterocycles. The van der Waals surface area contributed by atoms with E-state index in [1.165, 1.54) is 4.68 Å². The van der Waals surface area contributed by atoms with E-state index >= 15 is 0 Å². The minimum absolute atomic E-state index is 0.322. The first-order valence-corrected chi connectivity index (χ1v) is 4.87. The monoisotopic (exact) mass is 217 g/mol.